The second-order valence-corrected chi connectivity index (χ2v) is 13.5. The number of halogens is 2. The molecule has 3 heterocycles. The van der Waals surface area contributed by atoms with Crippen LogP contribution in [0.4, 0.5) is 4.39 Å². The maximum Gasteiger partial charge on any atom is 0.338 e. The molecule has 3 atom stereocenters. The fourth-order valence-corrected chi connectivity index (χ4v) is 8.57. The first-order valence-electron chi connectivity index (χ1n) is 12.8. The number of sulfonamides is 1. The number of aromatic nitrogens is 1. The van der Waals surface area contributed by atoms with E-state index in [1.165, 1.54) is 34.9 Å². The van der Waals surface area contributed by atoms with Crippen molar-refractivity contribution in [2.24, 2.45) is 16.8 Å². The van der Waals surface area contributed by atoms with Crippen LogP contribution in [0.1, 0.15) is 48.7 Å². The number of nitrogens with zero attached hydrogens (tertiary/aromatic N) is 3. The molecule has 1 saturated heterocycles. The van der Waals surface area contributed by atoms with E-state index in [0.29, 0.717) is 47.8 Å². The van der Waals surface area contributed by atoms with Crippen LogP contribution in [0, 0.1) is 17.7 Å². The number of rotatable bonds is 7. The van der Waals surface area contributed by atoms with Crippen LogP contribution >= 0.6 is 22.9 Å². The van der Waals surface area contributed by atoms with E-state index in [-0.39, 0.29) is 36.0 Å². The number of allylic oxidation sites excluding steroid dienone is 1. The van der Waals surface area contributed by atoms with Crippen LogP contribution in [-0.4, -0.2) is 66.0 Å². The third-order valence-corrected chi connectivity index (χ3v) is 11.2. The number of carbonyl (C=O) groups excluding carboxylic acids is 1. The van der Waals surface area contributed by atoms with Gasteiger partial charge in [0, 0.05) is 46.9 Å². The Kier molecular flexibility index (Phi) is 8.27. The molecule has 2 aromatic rings. The number of methoxy groups -OCH3 is 1. The van der Waals surface area contributed by atoms with Gasteiger partial charge in [0.1, 0.15) is 11.9 Å². The van der Waals surface area contributed by atoms with E-state index in [9.17, 15) is 27.5 Å². The summed E-state index contributed by atoms with van der Waals surface area (Å²) < 4.78 is 47.1. The summed E-state index contributed by atoms with van der Waals surface area (Å²) in [7, 11) is -2.41. The molecule has 1 aromatic heterocycles. The van der Waals surface area contributed by atoms with Crippen LogP contribution in [0.2, 0.25) is 5.02 Å². The molecule has 14 heteroatoms. The van der Waals surface area contributed by atoms with Crippen molar-refractivity contribution in [2.45, 2.75) is 43.4 Å². The van der Waals surface area contributed by atoms with Crippen molar-refractivity contribution in [3.05, 3.63) is 62.5 Å². The highest BCUT2D eigenvalue weighted by molar-refractivity contribution is 7.89. The zero-order chi connectivity index (χ0) is 28.6. The zero-order valence-corrected chi connectivity index (χ0v) is 23.9. The molecule has 0 bridgehead atoms. The van der Waals surface area contributed by atoms with E-state index in [1.54, 1.807) is 11.6 Å². The van der Waals surface area contributed by atoms with Gasteiger partial charge in [-0.15, -0.1) is 11.3 Å². The Bertz CT molecular complexity index is 1470. The Balaban J connectivity index is 1.46. The number of hydrogen-bond acceptors (Lipinski definition) is 9. The second kappa shape index (κ2) is 11.6. The summed E-state index contributed by atoms with van der Waals surface area (Å²) in [5.74, 6) is -2.59. The minimum absolute atomic E-state index is 0.104. The molecule has 2 N–H and O–H groups in total. The number of aliphatic carboxylic acids is 1. The van der Waals surface area contributed by atoms with Gasteiger partial charge in [0.2, 0.25) is 10.0 Å². The lowest BCUT2D eigenvalue weighted by Crippen LogP contribution is -2.45. The topological polar surface area (TPSA) is 138 Å². The van der Waals surface area contributed by atoms with E-state index < -0.39 is 45.0 Å². The van der Waals surface area contributed by atoms with Gasteiger partial charge >= 0.3 is 11.9 Å². The standard InChI is InChI=1S/C26H28ClFN4O6S2/c1-38-26(35)20-21(14-6-9-32(10-7-14)40(36,37)17-4-2-15(12-17)25(33)34)30-23(24-29-8-11-39-24)31-22(20)18-5-3-16(28)13-19(18)27/h3,5,8,11,13-15,17,22H,2,4,6-7,9-10,12H2,1H3,(H,30,31)(H,33,34)/t15-,17-,22?/m0/s1. The van der Waals surface area contributed by atoms with E-state index in [1.807, 2.05) is 0 Å². The van der Waals surface area contributed by atoms with Crippen LogP contribution in [0.5, 0.6) is 0 Å². The third kappa shape index (κ3) is 5.52. The maximum atomic E-state index is 13.9. The van der Waals surface area contributed by atoms with E-state index in [0.717, 1.165) is 6.07 Å². The molecule has 214 valence electrons. The molecular formula is C26H28ClFN4O6S2. The van der Waals surface area contributed by atoms with Gasteiger partial charge in [-0.3, -0.25) is 9.79 Å². The Morgan fingerprint density at radius 3 is 2.58 bits per heavy atom. The second-order valence-electron chi connectivity index (χ2n) is 10.0. The fourth-order valence-electron chi connectivity index (χ4n) is 5.66. The Morgan fingerprint density at radius 1 is 1.23 bits per heavy atom. The number of carbonyl (C=O) groups is 2. The number of carboxylic acids is 1. The number of thiazole rings is 1. The number of amidine groups is 1. The average Bonchev–Trinajstić information content (AvgIpc) is 3.66. The Labute approximate surface area is 240 Å². The summed E-state index contributed by atoms with van der Waals surface area (Å²) in [4.78, 5) is 33.6. The first-order valence-corrected chi connectivity index (χ1v) is 15.6. The van der Waals surface area contributed by atoms with Gasteiger partial charge in [0.15, 0.2) is 10.8 Å². The van der Waals surface area contributed by atoms with Gasteiger partial charge in [-0.05, 0) is 44.2 Å². The van der Waals surface area contributed by atoms with Gasteiger partial charge in [0.05, 0.1) is 23.9 Å². The lowest BCUT2D eigenvalue weighted by atomic mass is 9.86. The molecule has 2 fully saturated rings. The summed E-state index contributed by atoms with van der Waals surface area (Å²) in [5.41, 5.74) is 1.18. The monoisotopic (exact) mass is 610 g/mol. The summed E-state index contributed by atoms with van der Waals surface area (Å²) in [6.45, 7) is 0.430. The molecule has 0 amide bonds. The summed E-state index contributed by atoms with van der Waals surface area (Å²) in [6, 6.07) is 2.99. The molecule has 3 aliphatic rings. The Morgan fingerprint density at radius 2 is 1.98 bits per heavy atom. The minimum Gasteiger partial charge on any atom is -0.481 e. The molecule has 1 unspecified atom stereocenters. The smallest absolute Gasteiger partial charge is 0.338 e. The third-order valence-electron chi connectivity index (χ3n) is 7.75. The molecule has 40 heavy (non-hydrogen) atoms. The lowest BCUT2D eigenvalue weighted by molar-refractivity contribution is -0.141. The van der Waals surface area contributed by atoms with Crippen molar-refractivity contribution < 1.29 is 32.2 Å². The number of benzene rings is 1. The number of carboxylic acid groups (broad SMARTS) is 1. The van der Waals surface area contributed by atoms with Crippen molar-refractivity contribution >= 4 is 50.7 Å². The van der Waals surface area contributed by atoms with Crippen molar-refractivity contribution in [3.8, 4) is 0 Å². The number of esters is 1. The Hall–Kier alpha value is -2.87. The molecule has 2 aliphatic heterocycles. The van der Waals surface area contributed by atoms with Crippen molar-refractivity contribution in [2.75, 3.05) is 20.2 Å². The van der Waals surface area contributed by atoms with Crippen LogP contribution in [0.3, 0.4) is 0 Å². The SMILES string of the molecule is COC(=O)C1=C(C2CCN(S(=O)(=O)[C@H]3CC[C@H](C(=O)O)C3)CC2)NC(c2nccs2)=NC1c1ccc(F)cc1Cl. The quantitative estimate of drug-likeness (QED) is 0.452. The summed E-state index contributed by atoms with van der Waals surface area (Å²) in [6.07, 6.45) is 3.24. The number of piperidine rings is 1. The van der Waals surface area contributed by atoms with Crippen LogP contribution in [-0.2, 0) is 24.3 Å². The van der Waals surface area contributed by atoms with Gasteiger partial charge < -0.3 is 15.2 Å². The molecule has 5 rings (SSSR count). The number of hydrogen-bond donors (Lipinski definition) is 2. The minimum atomic E-state index is -3.67. The summed E-state index contributed by atoms with van der Waals surface area (Å²) in [5, 5.41) is 14.3. The van der Waals surface area contributed by atoms with Crippen LogP contribution in [0.15, 0.2) is 46.0 Å². The van der Waals surface area contributed by atoms with Gasteiger partial charge in [0.25, 0.3) is 0 Å². The normalized spacial score (nSPS) is 24.5. The molecule has 10 nitrogen and oxygen atoms in total. The molecule has 1 aliphatic carbocycles. The molecule has 0 spiro atoms. The van der Waals surface area contributed by atoms with Crippen molar-refractivity contribution in [3.63, 3.8) is 0 Å². The van der Waals surface area contributed by atoms with Crippen molar-refractivity contribution in [1.82, 2.24) is 14.6 Å². The van der Waals surface area contributed by atoms with Gasteiger partial charge in [-0.2, -0.15) is 0 Å². The first-order chi connectivity index (χ1) is 19.1. The highest BCUT2D eigenvalue weighted by atomic mass is 35.5. The van der Waals surface area contributed by atoms with E-state index >= 15 is 0 Å². The fraction of sp³-hybridized carbons (Fsp3) is 0.462. The summed E-state index contributed by atoms with van der Waals surface area (Å²) >= 11 is 7.77. The lowest BCUT2D eigenvalue weighted by Gasteiger charge is -2.37. The number of ether oxygens (including phenoxy) is 1. The van der Waals surface area contributed by atoms with Gasteiger partial charge in [-0.1, -0.05) is 17.7 Å². The number of aliphatic imine (C=N–C) groups is 1. The van der Waals surface area contributed by atoms with Crippen LogP contribution in [0.25, 0.3) is 0 Å². The van der Waals surface area contributed by atoms with Crippen LogP contribution < -0.4 is 5.32 Å². The number of nitrogens with one attached hydrogen (secondary N) is 1. The van der Waals surface area contributed by atoms with E-state index in [4.69, 9.17) is 21.3 Å². The predicted molar refractivity (Wildman–Crippen MR) is 147 cm³/mol. The molecule has 1 aromatic carbocycles. The zero-order valence-electron chi connectivity index (χ0n) is 21.5. The maximum absolute atomic E-state index is 13.9. The predicted octanol–water partition coefficient (Wildman–Crippen LogP) is 3.75. The highest BCUT2D eigenvalue weighted by Gasteiger charge is 2.43. The molecule has 1 saturated carbocycles. The highest BCUT2D eigenvalue weighted by Crippen LogP contribution is 2.41. The first kappa shape index (κ1) is 28.7. The average molecular weight is 611 g/mol. The van der Waals surface area contributed by atoms with E-state index in [2.05, 4.69) is 10.3 Å². The van der Waals surface area contributed by atoms with Crippen molar-refractivity contribution in [1.29, 1.82) is 0 Å². The molecule has 0 radical (unpaired) electrons. The molecular weight excluding hydrogens is 583 g/mol. The largest absolute Gasteiger partial charge is 0.481 e. The van der Waals surface area contributed by atoms with Gasteiger partial charge in [-0.25, -0.2) is 26.9 Å².